The van der Waals surface area contributed by atoms with Crippen LogP contribution in [0.3, 0.4) is 0 Å². The van der Waals surface area contributed by atoms with Crippen LogP contribution < -0.4 is 0 Å². The Bertz CT molecular complexity index is 367. The molecule has 2 aliphatic carbocycles. The summed E-state index contributed by atoms with van der Waals surface area (Å²) in [5, 5.41) is 0. The predicted molar refractivity (Wildman–Crippen MR) is 121 cm³/mol. The summed E-state index contributed by atoms with van der Waals surface area (Å²) < 4.78 is 0. The molecular weight excluding hydrogens is 404 g/mol. The quantitative estimate of drug-likeness (QED) is 0.189. The Morgan fingerprint density at radius 2 is 1.67 bits per heavy atom. The van der Waals surface area contributed by atoms with Crippen molar-refractivity contribution in [3.8, 4) is 0 Å². The second-order valence-electron chi connectivity index (χ2n) is 6.31. The van der Waals surface area contributed by atoms with E-state index in [4.69, 9.17) is 0 Å². The molecule has 1 heteroatoms. The third kappa shape index (κ3) is 30.5. The second kappa shape index (κ2) is 30.3. The minimum atomic E-state index is 0. The fourth-order valence-electron chi connectivity index (χ4n) is 1.93. The Balaban J connectivity index is -0.000000340. The van der Waals surface area contributed by atoms with Crippen LogP contribution in [-0.4, -0.2) is 0 Å². The molecule has 2 aliphatic rings. The molecule has 0 heterocycles. The molecule has 0 nitrogen and oxygen atoms in total. The average molecular weight is 446 g/mol. The van der Waals surface area contributed by atoms with E-state index in [0.717, 1.165) is 25.7 Å². The van der Waals surface area contributed by atoms with Crippen molar-refractivity contribution in [1.82, 2.24) is 0 Å². The van der Waals surface area contributed by atoms with E-state index in [2.05, 4.69) is 58.6 Å². The van der Waals surface area contributed by atoms with Gasteiger partial charge in [0.1, 0.15) is 0 Å². The molecule has 0 saturated heterocycles. The van der Waals surface area contributed by atoms with Crippen molar-refractivity contribution in [2.24, 2.45) is 0 Å². The molecule has 150 valence electrons. The first-order valence-electron chi connectivity index (χ1n) is 10.4. The Morgan fingerprint density at radius 3 is 2.04 bits per heavy atom. The molecule has 2 rings (SSSR count). The van der Waals surface area contributed by atoms with E-state index in [1.807, 2.05) is 24.3 Å². The summed E-state index contributed by atoms with van der Waals surface area (Å²) in [6.45, 7) is 15.2. The Kier molecular flexibility index (Phi) is 35.1. The molecule has 0 bridgehead atoms. The SMILES string of the molecule is C=CCCCCCCC1=[C-]C=CC1.[C-]1=CC=CC1.[CH2-]CCC.[CH2-]CCC.[Zr+4]. The first-order valence-corrected chi connectivity index (χ1v) is 10.4. The molecule has 0 N–H and O–H groups in total. The molecule has 0 aromatic carbocycles. The molecule has 0 saturated carbocycles. The monoisotopic (exact) mass is 444 g/mol. The number of hydrogen-bond acceptors (Lipinski definition) is 0. The normalized spacial score (nSPS) is 12.5. The number of unbranched alkanes of at least 4 members (excludes halogenated alkanes) is 6. The topological polar surface area (TPSA) is 0 Å². The van der Waals surface area contributed by atoms with E-state index in [-0.39, 0.29) is 26.2 Å². The molecule has 0 unspecified atom stereocenters. The first-order chi connectivity index (χ1) is 12.8. The van der Waals surface area contributed by atoms with E-state index in [0.29, 0.717) is 0 Å². The molecule has 0 aromatic heterocycles. The zero-order chi connectivity index (χ0) is 19.7. The van der Waals surface area contributed by atoms with Crippen molar-refractivity contribution in [1.29, 1.82) is 0 Å². The summed E-state index contributed by atoms with van der Waals surface area (Å²) in [6, 6.07) is 0. The van der Waals surface area contributed by atoms with Crippen LogP contribution in [0.2, 0.25) is 0 Å². The van der Waals surface area contributed by atoms with Gasteiger partial charge in [-0.1, -0.05) is 64.9 Å². The molecule has 27 heavy (non-hydrogen) atoms. The maximum absolute atomic E-state index is 3.72. The van der Waals surface area contributed by atoms with Gasteiger partial charge in [-0.05, 0) is 12.8 Å². The van der Waals surface area contributed by atoms with Crippen LogP contribution in [0.15, 0.2) is 48.6 Å². The molecule has 0 atom stereocenters. The zero-order valence-corrected chi connectivity index (χ0v) is 20.5. The van der Waals surface area contributed by atoms with Gasteiger partial charge in [-0.15, -0.1) is 13.0 Å². The Morgan fingerprint density at radius 1 is 1.04 bits per heavy atom. The van der Waals surface area contributed by atoms with Crippen molar-refractivity contribution >= 4 is 0 Å². The van der Waals surface area contributed by atoms with Crippen LogP contribution in [0.1, 0.15) is 90.9 Å². The van der Waals surface area contributed by atoms with E-state index >= 15 is 0 Å². The van der Waals surface area contributed by atoms with Crippen LogP contribution >= 0.6 is 0 Å². The number of hydrogen-bond donors (Lipinski definition) is 0. The molecular formula is C26H42Zr. The minimum Gasteiger partial charge on any atom is -0.343 e. The van der Waals surface area contributed by atoms with Gasteiger partial charge < -0.3 is 13.8 Å². The van der Waals surface area contributed by atoms with Gasteiger partial charge in [0.2, 0.25) is 0 Å². The molecule has 0 amide bonds. The van der Waals surface area contributed by atoms with E-state index in [9.17, 15) is 0 Å². The van der Waals surface area contributed by atoms with Crippen molar-refractivity contribution in [3.05, 3.63) is 74.6 Å². The van der Waals surface area contributed by atoms with Gasteiger partial charge in [-0.2, -0.15) is 24.5 Å². The third-order valence-electron chi connectivity index (χ3n) is 3.70. The summed E-state index contributed by atoms with van der Waals surface area (Å²) in [5.41, 5.74) is 1.49. The summed E-state index contributed by atoms with van der Waals surface area (Å²) in [5.74, 6) is 0. The smallest absolute Gasteiger partial charge is 0.343 e. The standard InChI is InChI=1S/C13H19.C5H5.2C4H9.Zr/c1-2-3-4-5-6-7-10-13-11-8-9-12-13;1-2-4-5-3-1;2*1-3-4-2;/h2,8-9H,1,3-7,10-11H2;1-3H,4H2;2*1,3-4H2,2H3;/q4*-1;+4. The third-order valence-corrected chi connectivity index (χ3v) is 3.70. The number of allylic oxidation sites excluding steroid dienone is 9. The van der Waals surface area contributed by atoms with Crippen molar-refractivity contribution in [2.45, 2.75) is 90.9 Å². The van der Waals surface area contributed by atoms with Crippen molar-refractivity contribution in [2.75, 3.05) is 0 Å². The second-order valence-corrected chi connectivity index (χ2v) is 6.31. The fourth-order valence-corrected chi connectivity index (χ4v) is 1.93. The van der Waals surface area contributed by atoms with Crippen LogP contribution in [-0.2, 0) is 26.2 Å². The van der Waals surface area contributed by atoms with Crippen molar-refractivity contribution < 1.29 is 26.2 Å². The van der Waals surface area contributed by atoms with Crippen LogP contribution in [0.25, 0.3) is 0 Å². The van der Waals surface area contributed by atoms with Gasteiger partial charge in [0.25, 0.3) is 0 Å². The fraction of sp³-hybridized carbons (Fsp3) is 0.538. The van der Waals surface area contributed by atoms with Gasteiger partial charge in [0.15, 0.2) is 0 Å². The Labute approximate surface area is 191 Å². The summed E-state index contributed by atoms with van der Waals surface area (Å²) in [7, 11) is 0. The maximum atomic E-state index is 3.72. The summed E-state index contributed by atoms with van der Waals surface area (Å²) in [6.07, 6.45) is 33.0. The minimum absolute atomic E-state index is 0. The van der Waals surface area contributed by atoms with Crippen LogP contribution in [0.4, 0.5) is 0 Å². The maximum Gasteiger partial charge on any atom is 4.00 e. The summed E-state index contributed by atoms with van der Waals surface area (Å²) >= 11 is 0. The van der Waals surface area contributed by atoms with Crippen molar-refractivity contribution in [3.63, 3.8) is 0 Å². The molecule has 0 aromatic rings. The first kappa shape index (κ1) is 31.3. The predicted octanol–water partition coefficient (Wildman–Crippen LogP) is 8.75. The average Bonchev–Trinajstić information content (AvgIpc) is 3.41. The van der Waals surface area contributed by atoms with Gasteiger partial charge in [-0.25, -0.2) is 24.3 Å². The number of rotatable bonds is 9. The van der Waals surface area contributed by atoms with Gasteiger partial charge in [-0.3, -0.25) is 12.2 Å². The summed E-state index contributed by atoms with van der Waals surface area (Å²) in [4.78, 5) is 0. The van der Waals surface area contributed by atoms with E-state index in [1.165, 1.54) is 56.9 Å². The van der Waals surface area contributed by atoms with Crippen LogP contribution in [0.5, 0.6) is 0 Å². The van der Waals surface area contributed by atoms with Gasteiger partial charge in [0.05, 0.1) is 0 Å². The zero-order valence-electron chi connectivity index (χ0n) is 18.1. The Hall–Kier alpha value is -0.417. The molecule has 0 spiro atoms. The van der Waals surface area contributed by atoms with Gasteiger partial charge >= 0.3 is 26.2 Å². The van der Waals surface area contributed by atoms with E-state index in [1.54, 1.807) is 0 Å². The molecule has 0 aliphatic heterocycles. The van der Waals surface area contributed by atoms with E-state index < -0.39 is 0 Å². The van der Waals surface area contributed by atoms with Gasteiger partial charge in [0, 0.05) is 0 Å². The van der Waals surface area contributed by atoms with Crippen LogP contribution in [0, 0.1) is 26.0 Å². The largest absolute Gasteiger partial charge is 4.00 e. The molecule has 0 radical (unpaired) electrons. The molecule has 0 fully saturated rings.